The van der Waals surface area contributed by atoms with Crippen molar-refractivity contribution in [1.82, 2.24) is 9.78 Å². The summed E-state index contributed by atoms with van der Waals surface area (Å²) in [5, 5.41) is 15.5. The van der Waals surface area contributed by atoms with Crippen LogP contribution in [-0.4, -0.2) is 14.9 Å². The van der Waals surface area contributed by atoms with Crippen LogP contribution in [0.25, 0.3) is 0 Å². The Morgan fingerprint density at radius 3 is 2.44 bits per heavy atom. The Bertz CT molecular complexity index is 546. The molecular weight excluding hydrogens is 271 g/mol. The first-order valence-corrected chi connectivity index (χ1v) is 6.36. The molecule has 0 aliphatic rings. The van der Waals surface area contributed by atoms with Gasteiger partial charge in [-0.1, -0.05) is 29.3 Å². The van der Waals surface area contributed by atoms with Crippen LogP contribution < -0.4 is 0 Å². The van der Waals surface area contributed by atoms with E-state index in [1.165, 1.54) is 0 Å². The maximum absolute atomic E-state index is 10.3. The lowest BCUT2D eigenvalue weighted by atomic mass is 10.0. The zero-order chi connectivity index (χ0) is 13.3. The molecule has 0 bridgehead atoms. The van der Waals surface area contributed by atoms with Gasteiger partial charge in [-0.15, -0.1) is 0 Å². The van der Waals surface area contributed by atoms with Gasteiger partial charge in [-0.25, -0.2) is 0 Å². The van der Waals surface area contributed by atoms with Gasteiger partial charge in [0.05, 0.1) is 11.8 Å². The summed E-state index contributed by atoms with van der Waals surface area (Å²) in [6.07, 6.45) is -0.304. The highest BCUT2D eigenvalue weighted by Gasteiger charge is 2.17. The van der Waals surface area contributed by atoms with E-state index in [1.807, 2.05) is 20.0 Å². The van der Waals surface area contributed by atoms with Gasteiger partial charge >= 0.3 is 0 Å². The number of halogens is 2. The van der Waals surface area contributed by atoms with E-state index in [2.05, 4.69) is 5.10 Å². The van der Waals surface area contributed by atoms with Gasteiger partial charge in [0.25, 0.3) is 0 Å². The second kappa shape index (κ2) is 5.31. The van der Waals surface area contributed by atoms with Gasteiger partial charge in [0, 0.05) is 34.8 Å². The number of hydrogen-bond donors (Lipinski definition) is 1. The summed E-state index contributed by atoms with van der Waals surface area (Å²) in [4.78, 5) is 0. The number of aromatic nitrogens is 2. The van der Waals surface area contributed by atoms with E-state index in [1.54, 1.807) is 22.9 Å². The van der Waals surface area contributed by atoms with Crippen molar-refractivity contribution in [3.05, 3.63) is 51.3 Å². The van der Waals surface area contributed by atoms with Gasteiger partial charge in [0.1, 0.15) is 0 Å². The summed E-state index contributed by atoms with van der Waals surface area (Å²) in [6.45, 7) is 1.92. The van der Waals surface area contributed by atoms with Crippen molar-refractivity contribution in [3.63, 3.8) is 0 Å². The fourth-order valence-electron chi connectivity index (χ4n) is 1.98. The van der Waals surface area contributed by atoms with Crippen LogP contribution >= 0.6 is 23.2 Å². The van der Waals surface area contributed by atoms with Gasteiger partial charge in [0.2, 0.25) is 0 Å². The number of aliphatic hydroxyl groups is 1. The van der Waals surface area contributed by atoms with Crippen molar-refractivity contribution >= 4 is 23.2 Å². The first-order chi connectivity index (χ1) is 8.49. The lowest BCUT2D eigenvalue weighted by molar-refractivity contribution is 0.176. The fraction of sp³-hybridized carbons (Fsp3) is 0.308. The Hall–Kier alpha value is -1.03. The maximum Gasteiger partial charge on any atom is 0.0874 e. The van der Waals surface area contributed by atoms with Crippen LogP contribution in [0, 0.1) is 6.92 Å². The SMILES string of the molecule is Cc1cc(CC(O)c2c(Cl)cccc2Cl)n(C)n1. The van der Waals surface area contributed by atoms with E-state index >= 15 is 0 Å². The number of aliphatic hydroxyl groups excluding tert-OH is 1. The van der Waals surface area contributed by atoms with Gasteiger partial charge < -0.3 is 5.11 Å². The number of rotatable bonds is 3. The minimum Gasteiger partial charge on any atom is -0.388 e. The molecule has 0 saturated carbocycles. The van der Waals surface area contributed by atoms with Crippen LogP contribution in [0.2, 0.25) is 10.0 Å². The van der Waals surface area contributed by atoms with Gasteiger partial charge in [-0.05, 0) is 25.1 Å². The maximum atomic E-state index is 10.3. The molecule has 0 amide bonds. The molecular formula is C13H14Cl2N2O. The molecule has 1 N–H and O–H groups in total. The van der Waals surface area contributed by atoms with Crippen molar-refractivity contribution < 1.29 is 5.11 Å². The minimum atomic E-state index is -0.735. The van der Waals surface area contributed by atoms with E-state index in [9.17, 15) is 5.11 Å². The van der Waals surface area contributed by atoms with E-state index in [4.69, 9.17) is 23.2 Å². The van der Waals surface area contributed by atoms with E-state index in [0.29, 0.717) is 22.0 Å². The third kappa shape index (κ3) is 2.69. The molecule has 1 heterocycles. The lowest BCUT2D eigenvalue weighted by Gasteiger charge is -2.14. The summed E-state index contributed by atoms with van der Waals surface area (Å²) in [5.74, 6) is 0. The topological polar surface area (TPSA) is 38.0 Å². The molecule has 0 fully saturated rings. The highest BCUT2D eigenvalue weighted by atomic mass is 35.5. The zero-order valence-electron chi connectivity index (χ0n) is 10.2. The van der Waals surface area contributed by atoms with Crippen LogP contribution in [0.1, 0.15) is 23.1 Å². The Balaban J connectivity index is 2.27. The minimum absolute atomic E-state index is 0.431. The highest BCUT2D eigenvalue weighted by molar-refractivity contribution is 6.36. The number of nitrogens with zero attached hydrogens (tertiary/aromatic N) is 2. The second-order valence-corrected chi connectivity index (χ2v) is 5.07. The normalized spacial score (nSPS) is 12.7. The van der Waals surface area contributed by atoms with Gasteiger partial charge in [-0.2, -0.15) is 5.10 Å². The summed E-state index contributed by atoms with van der Waals surface area (Å²) < 4.78 is 1.75. The second-order valence-electron chi connectivity index (χ2n) is 4.26. The Morgan fingerprint density at radius 2 is 1.94 bits per heavy atom. The summed E-state index contributed by atoms with van der Waals surface area (Å²) in [6, 6.07) is 7.14. The molecule has 0 radical (unpaired) electrons. The monoisotopic (exact) mass is 284 g/mol. The van der Waals surface area contributed by atoms with E-state index in [0.717, 1.165) is 11.4 Å². The van der Waals surface area contributed by atoms with Crippen LogP contribution in [0.3, 0.4) is 0 Å². The molecule has 0 saturated heterocycles. The van der Waals surface area contributed by atoms with Crippen LogP contribution in [-0.2, 0) is 13.5 Å². The molecule has 0 aliphatic heterocycles. The number of aryl methyl sites for hydroxylation is 2. The largest absolute Gasteiger partial charge is 0.388 e. The molecule has 1 aromatic carbocycles. The summed E-state index contributed by atoms with van der Waals surface area (Å²) in [7, 11) is 1.85. The van der Waals surface area contributed by atoms with Crippen molar-refractivity contribution in [2.24, 2.45) is 7.05 Å². The van der Waals surface area contributed by atoms with Crippen LogP contribution in [0.5, 0.6) is 0 Å². The third-order valence-corrected chi connectivity index (χ3v) is 3.49. The Morgan fingerprint density at radius 1 is 1.33 bits per heavy atom. The quantitative estimate of drug-likeness (QED) is 0.939. The Kier molecular flexibility index (Phi) is 3.95. The molecule has 3 nitrogen and oxygen atoms in total. The fourth-order valence-corrected chi connectivity index (χ4v) is 2.63. The standard InChI is InChI=1S/C13H14Cl2N2O/c1-8-6-9(17(2)16-8)7-12(18)13-10(14)4-3-5-11(13)15/h3-6,12,18H,7H2,1-2H3. The van der Waals surface area contributed by atoms with Gasteiger partial charge in [-0.3, -0.25) is 4.68 Å². The summed E-state index contributed by atoms with van der Waals surface area (Å²) in [5.41, 5.74) is 2.43. The van der Waals surface area contributed by atoms with Crippen molar-refractivity contribution in [3.8, 4) is 0 Å². The lowest BCUT2D eigenvalue weighted by Crippen LogP contribution is -2.07. The molecule has 5 heteroatoms. The molecule has 2 aromatic rings. The zero-order valence-corrected chi connectivity index (χ0v) is 11.7. The first-order valence-electron chi connectivity index (χ1n) is 5.60. The molecule has 96 valence electrons. The molecule has 1 atom stereocenters. The highest BCUT2D eigenvalue weighted by Crippen LogP contribution is 2.32. The molecule has 2 rings (SSSR count). The number of benzene rings is 1. The molecule has 18 heavy (non-hydrogen) atoms. The molecule has 0 spiro atoms. The van der Waals surface area contributed by atoms with Crippen LogP contribution in [0.15, 0.2) is 24.3 Å². The molecule has 1 aromatic heterocycles. The first kappa shape index (κ1) is 13.4. The Labute approximate surface area is 116 Å². The van der Waals surface area contributed by atoms with Crippen molar-refractivity contribution in [1.29, 1.82) is 0 Å². The van der Waals surface area contributed by atoms with E-state index in [-0.39, 0.29) is 0 Å². The van der Waals surface area contributed by atoms with Crippen molar-refractivity contribution in [2.45, 2.75) is 19.4 Å². The van der Waals surface area contributed by atoms with Gasteiger partial charge in [0.15, 0.2) is 0 Å². The predicted octanol–water partition coefficient (Wildman–Crippen LogP) is 3.31. The molecule has 1 unspecified atom stereocenters. The summed E-state index contributed by atoms with van der Waals surface area (Å²) >= 11 is 12.1. The van der Waals surface area contributed by atoms with Crippen LogP contribution in [0.4, 0.5) is 0 Å². The number of hydrogen-bond acceptors (Lipinski definition) is 2. The predicted molar refractivity (Wildman–Crippen MR) is 73.1 cm³/mol. The smallest absolute Gasteiger partial charge is 0.0874 e. The van der Waals surface area contributed by atoms with E-state index < -0.39 is 6.10 Å². The average molecular weight is 285 g/mol. The molecule has 0 aliphatic carbocycles. The average Bonchev–Trinajstić information content (AvgIpc) is 2.57. The third-order valence-electron chi connectivity index (χ3n) is 2.83. The van der Waals surface area contributed by atoms with Crippen molar-refractivity contribution in [2.75, 3.05) is 0 Å².